The molecule has 0 aliphatic heterocycles. The number of rotatable bonds is 7. The van der Waals surface area contributed by atoms with E-state index in [1.54, 1.807) is 0 Å². The monoisotopic (exact) mass is 227 g/mol. The van der Waals surface area contributed by atoms with E-state index < -0.39 is 0 Å². The van der Waals surface area contributed by atoms with Crippen LogP contribution in [0.3, 0.4) is 0 Å². The number of nitrogens with two attached hydrogens (primary N) is 1. The average molecular weight is 227 g/mol. The molecule has 16 heavy (non-hydrogen) atoms. The van der Waals surface area contributed by atoms with Gasteiger partial charge in [-0.15, -0.1) is 0 Å². The highest BCUT2D eigenvalue weighted by Gasteiger charge is 2.31. The smallest absolute Gasteiger partial charge is 0.235 e. The summed E-state index contributed by atoms with van der Waals surface area (Å²) in [5.74, 6) is 0.557. The first-order chi connectivity index (χ1) is 7.41. The van der Waals surface area contributed by atoms with E-state index in [9.17, 15) is 4.79 Å². The first kappa shape index (κ1) is 13.5. The molecule has 1 saturated carbocycles. The fraction of sp³-hybridized carbons (Fsp3) is 0.917. The van der Waals surface area contributed by atoms with Crippen molar-refractivity contribution in [1.82, 2.24) is 10.2 Å². The van der Waals surface area contributed by atoms with E-state index in [-0.39, 0.29) is 18.0 Å². The summed E-state index contributed by atoms with van der Waals surface area (Å²) in [6.07, 6.45) is 2.65. The molecule has 94 valence electrons. The van der Waals surface area contributed by atoms with Crippen molar-refractivity contribution in [2.24, 2.45) is 11.7 Å². The van der Waals surface area contributed by atoms with Crippen LogP contribution in [0.5, 0.6) is 0 Å². The summed E-state index contributed by atoms with van der Waals surface area (Å²) in [5.41, 5.74) is 5.40. The molecule has 2 atom stereocenters. The average Bonchev–Trinajstić information content (AvgIpc) is 2.97. The topological polar surface area (TPSA) is 58.4 Å². The fourth-order valence-electron chi connectivity index (χ4n) is 2.02. The van der Waals surface area contributed by atoms with Crippen LogP contribution in [-0.2, 0) is 4.79 Å². The van der Waals surface area contributed by atoms with Gasteiger partial charge in [0.1, 0.15) is 0 Å². The molecule has 4 heteroatoms. The Morgan fingerprint density at radius 3 is 2.38 bits per heavy atom. The van der Waals surface area contributed by atoms with Gasteiger partial charge in [0, 0.05) is 18.6 Å². The zero-order valence-corrected chi connectivity index (χ0v) is 10.9. The third kappa shape index (κ3) is 4.10. The minimum Gasteiger partial charge on any atom is -0.368 e. The standard InChI is InChI=1S/C12H25N3O/c1-8(2)14-11(12(13)16)7-15(4)9(3)10-5-6-10/h8-11,14H,5-7H2,1-4H3,(H2,13,16). The van der Waals surface area contributed by atoms with E-state index in [1.807, 2.05) is 13.8 Å². The van der Waals surface area contributed by atoms with Crippen LogP contribution in [0.2, 0.25) is 0 Å². The lowest BCUT2D eigenvalue weighted by Gasteiger charge is -2.29. The van der Waals surface area contributed by atoms with Crippen molar-refractivity contribution in [3.05, 3.63) is 0 Å². The van der Waals surface area contributed by atoms with Gasteiger partial charge in [0.25, 0.3) is 0 Å². The summed E-state index contributed by atoms with van der Waals surface area (Å²) in [7, 11) is 2.07. The minimum absolute atomic E-state index is 0.244. The van der Waals surface area contributed by atoms with Crippen molar-refractivity contribution < 1.29 is 4.79 Å². The van der Waals surface area contributed by atoms with Crippen molar-refractivity contribution in [3.63, 3.8) is 0 Å². The van der Waals surface area contributed by atoms with Crippen LogP contribution < -0.4 is 11.1 Å². The number of carbonyl (C=O) groups is 1. The molecule has 3 N–H and O–H groups in total. The maximum atomic E-state index is 11.3. The van der Waals surface area contributed by atoms with Crippen LogP contribution in [-0.4, -0.2) is 42.5 Å². The first-order valence-corrected chi connectivity index (χ1v) is 6.17. The van der Waals surface area contributed by atoms with Gasteiger partial charge in [-0.05, 0) is 32.7 Å². The van der Waals surface area contributed by atoms with E-state index in [0.717, 1.165) is 5.92 Å². The summed E-state index contributed by atoms with van der Waals surface area (Å²) in [4.78, 5) is 13.6. The van der Waals surface area contributed by atoms with Crippen molar-refractivity contribution in [2.45, 2.75) is 51.7 Å². The van der Waals surface area contributed by atoms with Gasteiger partial charge in [0.15, 0.2) is 0 Å². The minimum atomic E-state index is -0.261. The van der Waals surface area contributed by atoms with Gasteiger partial charge in [0.2, 0.25) is 5.91 Å². The van der Waals surface area contributed by atoms with Gasteiger partial charge < -0.3 is 16.0 Å². The first-order valence-electron chi connectivity index (χ1n) is 6.17. The molecule has 2 unspecified atom stereocenters. The molecule has 1 aliphatic rings. The number of nitrogens with one attached hydrogen (secondary N) is 1. The molecule has 0 bridgehead atoms. The molecule has 0 heterocycles. The van der Waals surface area contributed by atoms with Crippen LogP contribution in [0.1, 0.15) is 33.6 Å². The van der Waals surface area contributed by atoms with Crippen molar-refractivity contribution in [2.75, 3.05) is 13.6 Å². The molecule has 0 aromatic carbocycles. The van der Waals surface area contributed by atoms with Crippen LogP contribution >= 0.6 is 0 Å². The highest BCUT2D eigenvalue weighted by molar-refractivity contribution is 5.80. The van der Waals surface area contributed by atoms with E-state index in [4.69, 9.17) is 5.73 Å². The Morgan fingerprint density at radius 2 is 2.00 bits per heavy atom. The zero-order valence-electron chi connectivity index (χ0n) is 10.9. The lowest BCUT2D eigenvalue weighted by Crippen LogP contribution is -2.52. The Hall–Kier alpha value is -0.610. The summed E-state index contributed by atoms with van der Waals surface area (Å²) < 4.78 is 0. The van der Waals surface area contributed by atoms with E-state index >= 15 is 0 Å². The van der Waals surface area contributed by atoms with Gasteiger partial charge in [-0.2, -0.15) is 0 Å². The third-order valence-electron chi connectivity index (χ3n) is 3.35. The molecule has 0 radical (unpaired) electrons. The van der Waals surface area contributed by atoms with Crippen LogP contribution in [0, 0.1) is 5.92 Å². The predicted molar refractivity (Wildman–Crippen MR) is 66.1 cm³/mol. The number of nitrogens with zero attached hydrogens (tertiary/aromatic N) is 1. The van der Waals surface area contributed by atoms with Crippen molar-refractivity contribution >= 4 is 5.91 Å². The molecular formula is C12H25N3O. The fourth-order valence-corrected chi connectivity index (χ4v) is 2.02. The summed E-state index contributed by atoms with van der Waals surface area (Å²) >= 11 is 0. The molecule has 1 amide bonds. The van der Waals surface area contributed by atoms with E-state index in [0.29, 0.717) is 12.6 Å². The van der Waals surface area contributed by atoms with Gasteiger partial charge in [-0.25, -0.2) is 0 Å². The Balaban J connectivity index is 2.43. The molecule has 4 nitrogen and oxygen atoms in total. The number of amides is 1. The number of carbonyl (C=O) groups excluding carboxylic acids is 1. The van der Waals surface area contributed by atoms with E-state index in [2.05, 4.69) is 24.2 Å². The summed E-state index contributed by atoms with van der Waals surface area (Å²) in [5, 5.41) is 3.21. The number of hydrogen-bond donors (Lipinski definition) is 2. The second kappa shape index (κ2) is 5.64. The quantitative estimate of drug-likeness (QED) is 0.668. The number of hydrogen-bond acceptors (Lipinski definition) is 3. The lowest BCUT2D eigenvalue weighted by molar-refractivity contribution is -0.120. The van der Waals surface area contributed by atoms with Crippen LogP contribution in [0.15, 0.2) is 0 Å². The molecule has 1 rings (SSSR count). The Labute approximate surface area is 98.6 Å². The molecule has 0 spiro atoms. The maximum Gasteiger partial charge on any atom is 0.235 e. The second-order valence-corrected chi connectivity index (χ2v) is 5.29. The molecule has 1 aliphatic carbocycles. The summed E-state index contributed by atoms with van der Waals surface area (Å²) in [6.45, 7) is 6.98. The highest BCUT2D eigenvalue weighted by Crippen LogP contribution is 2.34. The largest absolute Gasteiger partial charge is 0.368 e. The summed E-state index contributed by atoms with van der Waals surface area (Å²) in [6, 6.07) is 0.587. The Morgan fingerprint density at radius 1 is 1.44 bits per heavy atom. The third-order valence-corrected chi connectivity index (χ3v) is 3.35. The van der Waals surface area contributed by atoms with Crippen LogP contribution in [0.4, 0.5) is 0 Å². The van der Waals surface area contributed by atoms with Crippen LogP contribution in [0.25, 0.3) is 0 Å². The van der Waals surface area contributed by atoms with Gasteiger partial charge >= 0.3 is 0 Å². The van der Waals surface area contributed by atoms with Crippen molar-refractivity contribution in [1.29, 1.82) is 0 Å². The Bertz CT molecular complexity index is 238. The zero-order chi connectivity index (χ0) is 12.3. The Kier molecular flexibility index (Phi) is 4.74. The molecule has 0 aromatic heterocycles. The maximum absolute atomic E-state index is 11.3. The van der Waals surface area contributed by atoms with Gasteiger partial charge in [-0.1, -0.05) is 13.8 Å². The molecule has 0 aromatic rings. The van der Waals surface area contributed by atoms with E-state index in [1.165, 1.54) is 12.8 Å². The SMILES string of the molecule is CC(C)NC(CN(C)C(C)C1CC1)C(N)=O. The molecule has 0 saturated heterocycles. The number of likely N-dealkylation sites (N-methyl/N-ethyl adjacent to an activating group) is 1. The van der Waals surface area contributed by atoms with Gasteiger partial charge in [-0.3, -0.25) is 4.79 Å². The second-order valence-electron chi connectivity index (χ2n) is 5.29. The normalized spacial score (nSPS) is 20.1. The highest BCUT2D eigenvalue weighted by atomic mass is 16.1. The lowest BCUT2D eigenvalue weighted by atomic mass is 10.1. The predicted octanol–water partition coefficient (Wildman–Crippen LogP) is 0.569. The number of primary amides is 1. The molecular weight excluding hydrogens is 202 g/mol. The van der Waals surface area contributed by atoms with Gasteiger partial charge in [0.05, 0.1) is 6.04 Å². The van der Waals surface area contributed by atoms with Crippen molar-refractivity contribution in [3.8, 4) is 0 Å². The molecule has 1 fully saturated rings.